The van der Waals surface area contributed by atoms with Crippen LogP contribution in [-0.4, -0.2) is 11.4 Å². The fraction of sp³-hybridized carbons (Fsp3) is 0.208. The Hall–Kier alpha value is -3.03. The van der Waals surface area contributed by atoms with E-state index < -0.39 is 0 Å². The summed E-state index contributed by atoms with van der Waals surface area (Å²) in [5, 5.41) is 16.5. The zero-order valence-electron chi connectivity index (χ0n) is 16.1. The third-order valence-corrected chi connectivity index (χ3v) is 6.54. The van der Waals surface area contributed by atoms with Crippen LogP contribution in [0.5, 0.6) is 0 Å². The lowest BCUT2D eigenvalue weighted by molar-refractivity contribution is 0.319. The number of hydrogen-bond donors (Lipinski definition) is 1. The van der Waals surface area contributed by atoms with Gasteiger partial charge in [0, 0.05) is 28.4 Å². The number of thiophene rings is 1. The molecule has 140 valence electrons. The molecular formula is C24H23N3S. The molecule has 0 fully saturated rings. The number of anilines is 1. The van der Waals surface area contributed by atoms with Crippen LogP contribution in [-0.2, 0) is 13.0 Å². The lowest BCUT2D eigenvalue weighted by Gasteiger charge is -2.30. The third-order valence-electron chi connectivity index (χ3n) is 5.40. The Balaban J connectivity index is 1.65. The number of nitrogens with one attached hydrogen (secondary N) is 1. The molecule has 0 unspecified atom stereocenters. The fourth-order valence-electron chi connectivity index (χ4n) is 3.80. The highest BCUT2D eigenvalue weighted by Gasteiger charge is 2.25. The van der Waals surface area contributed by atoms with Crippen molar-refractivity contribution in [3.63, 3.8) is 0 Å². The van der Waals surface area contributed by atoms with E-state index in [4.69, 9.17) is 0 Å². The van der Waals surface area contributed by atoms with Crippen molar-refractivity contribution in [1.29, 1.82) is 5.26 Å². The molecule has 1 N–H and O–H groups in total. The SMILES string of the molecule is C=C(Nc1sc2c(c1C#N)CCN(C(=C)CC)C2)c1cccc2ccccc12. The van der Waals surface area contributed by atoms with Gasteiger partial charge in [0.25, 0.3) is 0 Å². The van der Waals surface area contributed by atoms with E-state index in [9.17, 15) is 5.26 Å². The number of nitrogens with zero attached hydrogens (tertiary/aromatic N) is 2. The maximum absolute atomic E-state index is 9.80. The van der Waals surface area contributed by atoms with Crippen LogP contribution >= 0.6 is 11.3 Å². The molecule has 1 aliphatic heterocycles. The highest BCUT2D eigenvalue weighted by Crippen LogP contribution is 2.39. The number of benzene rings is 2. The van der Waals surface area contributed by atoms with Crippen molar-refractivity contribution in [3.8, 4) is 6.07 Å². The monoisotopic (exact) mass is 385 g/mol. The second-order valence-corrected chi connectivity index (χ2v) is 8.15. The van der Waals surface area contributed by atoms with Gasteiger partial charge >= 0.3 is 0 Å². The van der Waals surface area contributed by atoms with Crippen LogP contribution in [0.1, 0.15) is 34.9 Å². The Kier molecular flexibility index (Phi) is 4.93. The Labute approximate surface area is 170 Å². The molecule has 0 atom stereocenters. The molecule has 0 saturated heterocycles. The minimum atomic E-state index is 0.767. The van der Waals surface area contributed by atoms with Crippen LogP contribution in [0.15, 0.2) is 61.3 Å². The standard InChI is InChI=1S/C24H23N3S/c1-4-16(2)27-13-12-21-22(14-25)24(28-23(21)15-27)26-17(3)19-11-7-9-18-8-5-6-10-20(18)19/h5-11,26H,2-4,12-13,15H2,1H3. The summed E-state index contributed by atoms with van der Waals surface area (Å²) < 4.78 is 0. The summed E-state index contributed by atoms with van der Waals surface area (Å²) in [5.74, 6) is 0. The molecule has 3 aromatic rings. The maximum Gasteiger partial charge on any atom is 0.111 e. The van der Waals surface area contributed by atoms with E-state index in [0.29, 0.717) is 0 Å². The summed E-state index contributed by atoms with van der Waals surface area (Å²) in [6, 6.07) is 16.9. The van der Waals surface area contributed by atoms with Crippen molar-refractivity contribution >= 4 is 32.8 Å². The van der Waals surface area contributed by atoms with E-state index in [0.717, 1.165) is 58.8 Å². The summed E-state index contributed by atoms with van der Waals surface area (Å²) in [7, 11) is 0. The molecule has 4 rings (SSSR count). The predicted octanol–water partition coefficient (Wildman–Crippen LogP) is 6.14. The van der Waals surface area contributed by atoms with Crippen molar-refractivity contribution in [2.45, 2.75) is 26.3 Å². The molecule has 0 aliphatic carbocycles. The van der Waals surface area contributed by atoms with Gasteiger partial charge < -0.3 is 10.2 Å². The number of rotatable bonds is 5. The van der Waals surface area contributed by atoms with Gasteiger partial charge in [-0.05, 0) is 29.2 Å². The van der Waals surface area contributed by atoms with Gasteiger partial charge in [-0.3, -0.25) is 0 Å². The highest BCUT2D eigenvalue weighted by atomic mass is 32.1. The zero-order valence-corrected chi connectivity index (χ0v) is 16.9. The second kappa shape index (κ2) is 7.53. The Morgan fingerprint density at radius 3 is 2.79 bits per heavy atom. The van der Waals surface area contributed by atoms with E-state index >= 15 is 0 Å². The largest absolute Gasteiger partial charge is 0.370 e. The molecule has 0 spiro atoms. The van der Waals surface area contributed by atoms with Gasteiger partial charge in [-0.25, -0.2) is 0 Å². The van der Waals surface area contributed by atoms with Crippen molar-refractivity contribution < 1.29 is 0 Å². The first-order valence-corrected chi connectivity index (χ1v) is 10.4. The van der Waals surface area contributed by atoms with Crippen LogP contribution < -0.4 is 5.32 Å². The number of nitriles is 1. The lowest BCUT2D eigenvalue weighted by atomic mass is 10.0. The van der Waals surface area contributed by atoms with Crippen molar-refractivity contribution in [2.24, 2.45) is 0 Å². The quantitative estimate of drug-likeness (QED) is 0.573. The minimum absolute atomic E-state index is 0.767. The number of allylic oxidation sites excluding steroid dienone is 1. The van der Waals surface area contributed by atoms with Crippen LogP contribution in [0.2, 0.25) is 0 Å². The molecule has 28 heavy (non-hydrogen) atoms. The first kappa shape index (κ1) is 18.3. The molecular weight excluding hydrogens is 362 g/mol. The Morgan fingerprint density at radius 1 is 1.21 bits per heavy atom. The molecule has 4 heteroatoms. The number of fused-ring (bicyclic) bond motifs is 2. The first-order chi connectivity index (χ1) is 13.6. The molecule has 0 saturated carbocycles. The van der Waals surface area contributed by atoms with E-state index in [1.165, 1.54) is 15.8 Å². The van der Waals surface area contributed by atoms with E-state index in [2.05, 4.69) is 60.6 Å². The maximum atomic E-state index is 9.80. The van der Waals surface area contributed by atoms with Crippen molar-refractivity contribution in [1.82, 2.24) is 4.90 Å². The van der Waals surface area contributed by atoms with Crippen LogP contribution in [0, 0.1) is 11.3 Å². The Morgan fingerprint density at radius 2 is 2.00 bits per heavy atom. The van der Waals surface area contributed by atoms with Gasteiger partial charge in [0.15, 0.2) is 0 Å². The summed E-state index contributed by atoms with van der Waals surface area (Å²) in [4.78, 5) is 3.58. The molecule has 1 aromatic heterocycles. The smallest absolute Gasteiger partial charge is 0.111 e. The average molecular weight is 386 g/mol. The van der Waals surface area contributed by atoms with E-state index in [1.807, 2.05) is 18.2 Å². The predicted molar refractivity (Wildman–Crippen MR) is 119 cm³/mol. The van der Waals surface area contributed by atoms with Gasteiger partial charge in [-0.15, -0.1) is 11.3 Å². The lowest BCUT2D eigenvalue weighted by Crippen LogP contribution is -2.28. The van der Waals surface area contributed by atoms with Crippen molar-refractivity contribution in [3.05, 3.63) is 82.9 Å². The molecule has 0 amide bonds. The summed E-state index contributed by atoms with van der Waals surface area (Å²) in [6.45, 7) is 12.3. The number of hydrogen-bond acceptors (Lipinski definition) is 4. The fourth-order valence-corrected chi connectivity index (χ4v) is 5.04. The molecule has 0 bridgehead atoms. The summed E-state index contributed by atoms with van der Waals surface area (Å²) in [6.07, 6.45) is 1.84. The van der Waals surface area contributed by atoms with Gasteiger partial charge in [0.05, 0.1) is 12.1 Å². The summed E-state index contributed by atoms with van der Waals surface area (Å²) >= 11 is 1.67. The van der Waals surface area contributed by atoms with Crippen molar-refractivity contribution in [2.75, 3.05) is 11.9 Å². The molecule has 3 nitrogen and oxygen atoms in total. The molecule has 2 aromatic carbocycles. The average Bonchev–Trinajstić information content (AvgIpc) is 3.08. The minimum Gasteiger partial charge on any atom is -0.370 e. The van der Waals surface area contributed by atoms with E-state index in [-0.39, 0.29) is 0 Å². The van der Waals surface area contributed by atoms with Gasteiger partial charge in [0.1, 0.15) is 11.1 Å². The Bertz CT molecular complexity index is 1110. The molecule has 2 heterocycles. The molecule has 1 aliphatic rings. The van der Waals surface area contributed by atoms with Crippen LogP contribution in [0.3, 0.4) is 0 Å². The second-order valence-electron chi connectivity index (χ2n) is 7.04. The van der Waals surface area contributed by atoms with Gasteiger partial charge in [-0.2, -0.15) is 5.26 Å². The normalized spacial score (nSPS) is 13.1. The summed E-state index contributed by atoms with van der Waals surface area (Å²) in [5.41, 5.74) is 4.99. The molecule has 0 radical (unpaired) electrons. The topological polar surface area (TPSA) is 39.1 Å². The van der Waals surface area contributed by atoms with Gasteiger partial charge in [-0.1, -0.05) is 62.5 Å². The highest BCUT2D eigenvalue weighted by molar-refractivity contribution is 7.16. The third kappa shape index (κ3) is 3.19. The van der Waals surface area contributed by atoms with Gasteiger partial charge in [0.2, 0.25) is 0 Å². The zero-order chi connectivity index (χ0) is 19.7. The van der Waals surface area contributed by atoms with Crippen LogP contribution in [0.4, 0.5) is 5.00 Å². The first-order valence-electron chi connectivity index (χ1n) is 9.53. The van der Waals surface area contributed by atoms with Crippen LogP contribution in [0.25, 0.3) is 16.5 Å². The van der Waals surface area contributed by atoms with E-state index in [1.54, 1.807) is 11.3 Å².